The van der Waals surface area contributed by atoms with E-state index in [0.29, 0.717) is 23.9 Å². The molecule has 0 atom stereocenters. The standard InChI is InChI=1S/C17H19N5O4/c1-24-11-15(23)18-9-10-26-16-8-7-14-19-20-17(22(14)21-16)12-3-5-13(25-2)6-4-12/h3-8H,9-11H2,1-2H3,(H,18,23). The van der Waals surface area contributed by atoms with Crippen molar-refractivity contribution in [2.24, 2.45) is 0 Å². The number of carbonyl (C=O) groups is 1. The molecule has 0 fully saturated rings. The van der Waals surface area contributed by atoms with Crippen molar-refractivity contribution in [3.63, 3.8) is 0 Å². The van der Waals surface area contributed by atoms with E-state index in [-0.39, 0.29) is 19.1 Å². The molecule has 1 N–H and O–H groups in total. The molecule has 1 aromatic carbocycles. The molecule has 0 saturated carbocycles. The summed E-state index contributed by atoms with van der Waals surface area (Å²) >= 11 is 0. The first-order chi connectivity index (χ1) is 12.7. The van der Waals surface area contributed by atoms with Crippen molar-refractivity contribution in [2.75, 3.05) is 34.0 Å². The summed E-state index contributed by atoms with van der Waals surface area (Å²) in [4.78, 5) is 11.3. The van der Waals surface area contributed by atoms with Gasteiger partial charge in [0.05, 0.1) is 13.7 Å². The summed E-state index contributed by atoms with van der Waals surface area (Å²) in [7, 11) is 3.08. The van der Waals surface area contributed by atoms with E-state index >= 15 is 0 Å². The maximum Gasteiger partial charge on any atom is 0.246 e. The van der Waals surface area contributed by atoms with Gasteiger partial charge in [0.2, 0.25) is 11.8 Å². The zero-order valence-electron chi connectivity index (χ0n) is 14.5. The molecule has 9 nitrogen and oxygen atoms in total. The fourth-order valence-corrected chi connectivity index (χ4v) is 2.30. The Labute approximate surface area is 149 Å². The van der Waals surface area contributed by atoms with Crippen LogP contribution in [0.2, 0.25) is 0 Å². The molecule has 0 radical (unpaired) electrons. The van der Waals surface area contributed by atoms with E-state index < -0.39 is 0 Å². The van der Waals surface area contributed by atoms with Crippen molar-refractivity contribution in [3.05, 3.63) is 36.4 Å². The second kappa shape index (κ2) is 8.26. The second-order valence-corrected chi connectivity index (χ2v) is 5.33. The van der Waals surface area contributed by atoms with E-state index in [9.17, 15) is 4.79 Å². The zero-order chi connectivity index (χ0) is 18.4. The van der Waals surface area contributed by atoms with E-state index in [2.05, 4.69) is 20.6 Å². The average molecular weight is 357 g/mol. The number of hydrogen-bond acceptors (Lipinski definition) is 7. The number of methoxy groups -OCH3 is 2. The van der Waals surface area contributed by atoms with Crippen LogP contribution in [0.3, 0.4) is 0 Å². The fourth-order valence-electron chi connectivity index (χ4n) is 2.30. The van der Waals surface area contributed by atoms with Crippen molar-refractivity contribution in [2.45, 2.75) is 0 Å². The molecular formula is C17H19N5O4. The van der Waals surface area contributed by atoms with Gasteiger partial charge in [0.25, 0.3) is 0 Å². The van der Waals surface area contributed by atoms with Gasteiger partial charge in [0.15, 0.2) is 11.5 Å². The summed E-state index contributed by atoms with van der Waals surface area (Å²) in [5.41, 5.74) is 1.46. The van der Waals surface area contributed by atoms with Crippen LogP contribution in [0.15, 0.2) is 36.4 Å². The first-order valence-electron chi connectivity index (χ1n) is 7.96. The molecule has 0 aliphatic heterocycles. The van der Waals surface area contributed by atoms with Gasteiger partial charge in [0, 0.05) is 18.7 Å². The first-order valence-corrected chi connectivity index (χ1v) is 7.96. The number of fused-ring (bicyclic) bond motifs is 1. The molecule has 0 spiro atoms. The Morgan fingerprint density at radius 2 is 1.92 bits per heavy atom. The number of hydrogen-bond donors (Lipinski definition) is 1. The lowest BCUT2D eigenvalue weighted by atomic mass is 10.2. The molecular weight excluding hydrogens is 338 g/mol. The highest BCUT2D eigenvalue weighted by Gasteiger charge is 2.10. The molecule has 0 aliphatic rings. The second-order valence-electron chi connectivity index (χ2n) is 5.33. The van der Waals surface area contributed by atoms with Gasteiger partial charge in [-0.15, -0.1) is 15.3 Å². The van der Waals surface area contributed by atoms with Crippen LogP contribution >= 0.6 is 0 Å². The third-order valence-electron chi connectivity index (χ3n) is 3.54. The Morgan fingerprint density at radius 1 is 1.12 bits per heavy atom. The van der Waals surface area contributed by atoms with Crippen LogP contribution in [0.5, 0.6) is 11.6 Å². The highest BCUT2D eigenvalue weighted by Crippen LogP contribution is 2.21. The average Bonchev–Trinajstić information content (AvgIpc) is 3.09. The Morgan fingerprint density at radius 3 is 2.65 bits per heavy atom. The van der Waals surface area contributed by atoms with Crippen LogP contribution in [-0.4, -0.2) is 59.7 Å². The van der Waals surface area contributed by atoms with Gasteiger partial charge in [-0.05, 0) is 30.3 Å². The Bertz CT molecular complexity index is 878. The van der Waals surface area contributed by atoms with Crippen molar-refractivity contribution >= 4 is 11.6 Å². The van der Waals surface area contributed by atoms with Gasteiger partial charge in [-0.1, -0.05) is 0 Å². The molecule has 26 heavy (non-hydrogen) atoms. The zero-order valence-corrected chi connectivity index (χ0v) is 14.5. The quantitative estimate of drug-likeness (QED) is 0.599. The minimum absolute atomic E-state index is 0.0239. The number of benzene rings is 1. The van der Waals surface area contributed by atoms with Crippen LogP contribution in [-0.2, 0) is 9.53 Å². The van der Waals surface area contributed by atoms with Crippen LogP contribution in [0.1, 0.15) is 0 Å². The lowest BCUT2D eigenvalue weighted by molar-refractivity contribution is -0.124. The monoisotopic (exact) mass is 357 g/mol. The van der Waals surface area contributed by atoms with E-state index in [1.54, 1.807) is 23.8 Å². The van der Waals surface area contributed by atoms with E-state index in [1.165, 1.54) is 7.11 Å². The minimum Gasteiger partial charge on any atom is -0.497 e. The molecule has 2 heterocycles. The minimum atomic E-state index is -0.194. The third-order valence-corrected chi connectivity index (χ3v) is 3.54. The highest BCUT2D eigenvalue weighted by molar-refractivity contribution is 5.77. The summed E-state index contributed by atoms with van der Waals surface area (Å²) in [5.74, 6) is 1.57. The summed E-state index contributed by atoms with van der Waals surface area (Å²) in [6.07, 6.45) is 0. The van der Waals surface area contributed by atoms with Gasteiger partial charge >= 0.3 is 0 Å². The van der Waals surface area contributed by atoms with Crippen LogP contribution < -0.4 is 14.8 Å². The first kappa shape index (κ1) is 17.6. The lowest BCUT2D eigenvalue weighted by Crippen LogP contribution is -2.31. The molecule has 2 aromatic heterocycles. The molecule has 9 heteroatoms. The molecule has 3 aromatic rings. The number of aromatic nitrogens is 4. The van der Waals surface area contributed by atoms with E-state index in [1.807, 2.05) is 24.3 Å². The maximum absolute atomic E-state index is 11.3. The van der Waals surface area contributed by atoms with Crippen LogP contribution in [0.25, 0.3) is 17.0 Å². The SMILES string of the molecule is COCC(=O)NCCOc1ccc2nnc(-c3ccc(OC)cc3)n2n1. The van der Waals surface area contributed by atoms with Crippen molar-refractivity contribution in [1.82, 2.24) is 25.1 Å². The molecule has 3 rings (SSSR count). The molecule has 0 aliphatic carbocycles. The van der Waals surface area contributed by atoms with Crippen molar-refractivity contribution in [3.8, 4) is 23.0 Å². The molecule has 0 saturated heterocycles. The van der Waals surface area contributed by atoms with E-state index in [0.717, 1.165) is 11.3 Å². The molecule has 136 valence electrons. The van der Waals surface area contributed by atoms with E-state index in [4.69, 9.17) is 14.2 Å². The number of nitrogens with zero attached hydrogens (tertiary/aromatic N) is 4. The topological polar surface area (TPSA) is 99.9 Å². The summed E-state index contributed by atoms with van der Waals surface area (Å²) in [6, 6.07) is 10.9. The smallest absolute Gasteiger partial charge is 0.246 e. The van der Waals surface area contributed by atoms with Gasteiger partial charge in [0.1, 0.15) is 19.0 Å². The van der Waals surface area contributed by atoms with Gasteiger partial charge in [-0.25, -0.2) is 0 Å². The summed E-state index contributed by atoms with van der Waals surface area (Å²) in [5, 5.41) is 15.4. The third kappa shape index (κ3) is 4.06. The lowest BCUT2D eigenvalue weighted by Gasteiger charge is -2.07. The molecule has 0 bridgehead atoms. The van der Waals surface area contributed by atoms with Gasteiger partial charge in [-0.3, -0.25) is 4.79 Å². The summed E-state index contributed by atoms with van der Waals surface area (Å²) in [6.45, 7) is 0.666. The van der Waals surface area contributed by atoms with Gasteiger partial charge in [-0.2, -0.15) is 4.52 Å². The fraction of sp³-hybridized carbons (Fsp3) is 0.294. The molecule has 0 unspecified atom stereocenters. The van der Waals surface area contributed by atoms with Crippen molar-refractivity contribution in [1.29, 1.82) is 0 Å². The van der Waals surface area contributed by atoms with Crippen LogP contribution in [0.4, 0.5) is 0 Å². The van der Waals surface area contributed by atoms with Crippen molar-refractivity contribution < 1.29 is 19.0 Å². The Kier molecular flexibility index (Phi) is 5.59. The predicted molar refractivity (Wildman–Crippen MR) is 93.2 cm³/mol. The van der Waals surface area contributed by atoms with Gasteiger partial charge < -0.3 is 19.5 Å². The highest BCUT2D eigenvalue weighted by atomic mass is 16.5. The number of amides is 1. The molecule has 1 amide bonds. The largest absolute Gasteiger partial charge is 0.497 e. The number of rotatable bonds is 8. The van der Waals surface area contributed by atoms with Crippen LogP contribution in [0, 0.1) is 0 Å². The maximum atomic E-state index is 11.3. The number of ether oxygens (including phenoxy) is 3. The predicted octanol–water partition coefficient (Wildman–Crippen LogP) is 0.941. The summed E-state index contributed by atoms with van der Waals surface area (Å²) < 4.78 is 17.1. The Hall–Kier alpha value is -3.20. The number of nitrogens with one attached hydrogen (secondary N) is 1. The normalized spacial score (nSPS) is 10.7. The number of carbonyl (C=O) groups excluding carboxylic acids is 1. The Balaban J connectivity index is 1.70.